The van der Waals surface area contributed by atoms with Crippen LogP contribution in [0.4, 0.5) is 4.39 Å². The van der Waals surface area contributed by atoms with Crippen LogP contribution in [0, 0.1) is 12.7 Å². The predicted octanol–water partition coefficient (Wildman–Crippen LogP) is 4.09. The number of aromatic nitrogens is 1. The summed E-state index contributed by atoms with van der Waals surface area (Å²) in [6.07, 6.45) is 1.86. The fourth-order valence-electron chi connectivity index (χ4n) is 1.62. The van der Waals surface area contributed by atoms with Gasteiger partial charge in [-0.1, -0.05) is 17.7 Å². The van der Waals surface area contributed by atoms with Crippen LogP contribution in [-0.4, -0.2) is 4.98 Å². The number of benzene rings is 1. The van der Waals surface area contributed by atoms with Crippen LogP contribution in [0.15, 0.2) is 24.4 Å². The predicted molar refractivity (Wildman–Crippen MR) is 73.5 cm³/mol. The standard InChI is InChI=1S/C13H14ClFN2S/c1-8-6-17-13(18-8)7-16-9(2)10-3-4-12(15)11(14)5-10/h3-6,9,16H,7H2,1-2H3. The van der Waals surface area contributed by atoms with Gasteiger partial charge in [0, 0.05) is 23.7 Å². The van der Waals surface area contributed by atoms with Crippen LogP contribution in [0.2, 0.25) is 5.02 Å². The first kappa shape index (κ1) is 13.5. The lowest BCUT2D eigenvalue weighted by molar-refractivity contribution is 0.570. The third kappa shape index (κ3) is 3.28. The molecular weight excluding hydrogens is 271 g/mol. The molecule has 0 fully saturated rings. The van der Waals surface area contributed by atoms with E-state index >= 15 is 0 Å². The van der Waals surface area contributed by atoms with Gasteiger partial charge in [-0.3, -0.25) is 0 Å². The maximum atomic E-state index is 13.1. The summed E-state index contributed by atoms with van der Waals surface area (Å²) in [4.78, 5) is 5.48. The second-order valence-corrected chi connectivity index (χ2v) is 5.87. The van der Waals surface area contributed by atoms with Gasteiger partial charge in [0.15, 0.2) is 0 Å². The minimum Gasteiger partial charge on any atom is -0.304 e. The van der Waals surface area contributed by atoms with E-state index in [9.17, 15) is 4.39 Å². The zero-order valence-electron chi connectivity index (χ0n) is 10.2. The van der Waals surface area contributed by atoms with Gasteiger partial charge < -0.3 is 5.32 Å². The normalized spacial score (nSPS) is 12.7. The second-order valence-electron chi connectivity index (χ2n) is 4.14. The summed E-state index contributed by atoms with van der Waals surface area (Å²) in [5.74, 6) is -0.386. The molecular formula is C13H14ClFN2S. The van der Waals surface area contributed by atoms with E-state index in [2.05, 4.69) is 10.3 Å². The first-order valence-corrected chi connectivity index (χ1v) is 6.85. The average Bonchev–Trinajstić information content (AvgIpc) is 2.75. The number of aryl methyl sites for hydroxylation is 1. The van der Waals surface area contributed by atoms with Gasteiger partial charge in [-0.15, -0.1) is 11.3 Å². The van der Waals surface area contributed by atoms with Crippen molar-refractivity contribution in [2.45, 2.75) is 26.4 Å². The van der Waals surface area contributed by atoms with E-state index in [4.69, 9.17) is 11.6 Å². The molecule has 0 radical (unpaired) electrons. The van der Waals surface area contributed by atoms with Gasteiger partial charge in [0.1, 0.15) is 10.8 Å². The van der Waals surface area contributed by atoms with Crippen molar-refractivity contribution in [3.63, 3.8) is 0 Å². The van der Waals surface area contributed by atoms with Crippen LogP contribution in [0.1, 0.15) is 28.4 Å². The molecule has 2 rings (SSSR count). The SMILES string of the molecule is Cc1cnc(CNC(C)c2ccc(F)c(Cl)c2)s1. The Labute approximate surface area is 115 Å². The van der Waals surface area contributed by atoms with Crippen LogP contribution in [0.25, 0.3) is 0 Å². The summed E-state index contributed by atoms with van der Waals surface area (Å²) in [5, 5.41) is 4.55. The van der Waals surface area contributed by atoms with E-state index in [-0.39, 0.29) is 16.9 Å². The van der Waals surface area contributed by atoms with Crippen molar-refractivity contribution in [2.24, 2.45) is 0 Å². The first-order chi connectivity index (χ1) is 8.56. The lowest BCUT2D eigenvalue weighted by atomic mass is 10.1. The minimum atomic E-state index is -0.386. The van der Waals surface area contributed by atoms with Crippen LogP contribution in [0.3, 0.4) is 0 Å². The highest BCUT2D eigenvalue weighted by atomic mass is 35.5. The Morgan fingerprint density at radius 3 is 2.89 bits per heavy atom. The molecule has 2 nitrogen and oxygen atoms in total. The Balaban J connectivity index is 1.99. The second kappa shape index (κ2) is 5.78. The summed E-state index contributed by atoms with van der Waals surface area (Å²) in [7, 11) is 0. The molecule has 1 aromatic heterocycles. The number of rotatable bonds is 4. The van der Waals surface area contributed by atoms with E-state index in [1.807, 2.05) is 20.0 Å². The van der Waals surface area contributed by atoms with Crippen molar-refractivity contribution in [1.29, 1.82) is 0 Å². The number of hydrogen-bond acceptors (Lipinski definition) is 3. The summed E-state index contributed by atoms with van der Waals surface area (Å²) >= 11 is 7.44. The van der Waals surface area contributed by atoms with Gasteiger partial charge in [0.25, 0.3) is 0 Å². The van der Waals surface area contributed by atoms with E-state index in [0.717, 1.165) is 10.6 Å². The highest BCUT2D eigenvalue weighted by molar-refractivity contribution is 7.11. The van der Waals surface area contributed by atoms with Crippen LogP contribution >= 0.6 is 22.9 Å². The van der Waals surface area contributed by atoms with Gasteiger partial charge in [-0.2, -0.15) is 0 Å². The Morgan fingerprint density at radius 2 is 2.28 bits per heavy atom. The van der Waals surface area contributed by atoms with Crippen LogP contribution in [0.5, 0.6) is 0 Å². The highest BCUT2D eigenvalue weighted by Gasteiger charge is 2.08. The molecule has 0 bridgehead atoms. The molecule has 0 aliphatic rings. The zero-order chi connectivity index (χ0) is 13.1. The molecule has 0 aliphatic carbocycles. The third-order valence-corrected chi connectivity index (χ3v) is 3.87. The maximum Gasteiger partial charge on any atom is 0.141 e. The maximum absolute atomic E-state index is 13.1. The third-order valence-electron chi connectivity index (χ3n) is 2.67. The monoisotopic (exact) mass is 284 g/mol. The van der Waals surface area contributed by atoms with Gasteiger partial charge in [-0.25, -0.2) is 9.37 Å². The molecule has 96 valence electrons. The van der Waals surface area contributed by atoms with E-state index in [0.29, 0.717) is 6.54 Å². The van der Waals surface area contributed by atoms with Gasteiger partial charge in [-0.05, 0) is 31.5 Å². The summed E-state index contributed by atoms with van der Waals surface area (Å²) in [6, 6.07) is 4.89. The number of nitrogens with zero attached hydrogens (tertiary/aromatic N) is 1. The Kier molecular flexibility index (Phi) is 4.32. The van der Waals surface area contributed by atoms with Crippen LogP contribution < -0.4 is 5.32 Å². The molecule has 0 aliphatic heterocycles. The van der Waals surface area contributed by atoms with Crippen molar-refractivity contribution in [3.05, 3.63) is 50.7 Å². The fraction of sp³-hybridized carbons (Fsp3) is 0.308. The van der Waals surface area contributed by atoms with Crippen LogP contribution in [-0.2, 0) is 6.54 Å². The topological polar surface area (TPSA) is 24.9 Å². The lowest BCUT2D eigenvalue weighted by Gasteiger charge is -2.13. The lowest BCUT2D eigenvalue weighted by Crippen LogP contribution is -2.18. The molecule has 0 saturated carbocycles. The molecule has 5 heteroatoms. The number of thiazole rings is 1. The van der Waals surface area contributed by atoms with Crippen molar-refractivity contribution < 1.29 is 4.39 Å². The summed E-state index contributed by atoms with van der Waals surface area (Å²) in [5.41, 5.74) is 0.967. The van der Waals surface area contributed by atoms with E-state index in [1.165, 1.54) is 10.9 Å². The first-order valence-electron chi connectivity index (χ1n) is 5.66. The summed E-state index contributed by atoms with van der Waals surface area (Å²) < 4.78 is 13.1. The van der Waals surface area contributed by atoms with Gasteiger partial charge in [0.05, 0.1) is 5.02 Å². The fourth-order valence-corrected chi connectivity index (χ4v) is 2.55. The number of hydrogen-bond donors (Lipinski definition) is 1. The Morgan fingerprint density at radius 1 is 1.50 bits per heavy atom. The summed E-state index contributed by atoms with van der Waals surface area (Å²) in [6.45, 7) is 4.75. The van der Waals surface area contributed by atoms with Gasteiger partial charge in [0.2, 0.25) is 0 Å². The molecule has 1 aromatic carbocycles. The largest absolute Gasteiger partial charge is 0.304 e. The Bertz CT molecular complexity index is 542. The molecule has 0 amide bonds. The molecule has 1 unspecified atom stereocenters. The van der Waals surface area contributed by atoms with Crippen molar-refractivity contribution in [1.82, 2.24) is 10.3 Å². The molecule has 2 aromatic rings. The quantitative estimate of drug-likeness (QED) is 0.914. The highest BCUT2D eigenvalue weighted by Crippen LogP contribution is 2.21. The Hall–Kier alpha value is -0.970. The van der Waals surface area contributed by atoms with E-state index in [1.54, 1.807) is 23.5 Å². The van der Waals surface area contributed by atoms with E-state index < -0.39 is 0 Å². The molecule has 1 N–H and O–H groups in total. The number of nitrogens with one attached hydrogen (secondary N) is 1. The number of halogens is 2. The minimum absolute atomic E-state index is 0.104. The molecule has 1 heterocycles. The molecule has 1 atom stereocenters. The zero-order valence-corrected chi connectivity index (χ0v) is 11.8. The smallest absolute Gasteiger partial charge is 0.141 e. The average molecular weight is 285 g/mol. The van der Waals surface area contributed by atoms with Crippen molar-refractivity contribution in [2.75, 3.05) is 0 Å². The van der Waals surface area contributed by atoms with Gasteiger partial charge >= 0.3 is 0 Å². The van der Waals surface area contributed by atoms with Crippen molar-refractivity contribution >= 4 is 22.9 Å². The molecule has 0 saturated heterocycles. The molecule has 18 heavy (non-hydrogen) atoms. The molecule has 0 spiro atoms. The van der Waals surface area contributed by atoms with Crippen molar-refractivity contribution in [3.8, 4) is 0 Å².